The summed E-state index contributed by atoms with van der Waals surface area (Å²) in [6.45, 7) is 4.13. The molecule has 2 aliphatic carbocycles. The van der Waals surface area contributed by atoms with Crippen LogP contribution in [0.5, 0.6) is 0 Å². The zero-order valence-electron chi connectivity index (χ0n) is 11.4. The first-order valence-corrected chi connectivity index (χ1v) is 7.22. The van der Waals surface area contributed by atoms with E-state index >= 15 is 0 Å². The van der Waals surface area contributed by atoms with Crippen LogP contribution in [0.4, 0.5) is 4.79 Å². The van der Waals surface area contributed by atoms with Crippen LogP contribution in [-0.2, 0) is 0 Å². The molecule has 4 nitrogen and oxygen atoms in total. The highest BCUT2D eigenvalue weighted by molar-refractivity contribution is 6.06. The first-order chi connectivity index (χ1) is 8.54. The molecule has 1 heterocycles. The highest BCUT2D eigenvalue weighted by Crippen LogP contribution is 2.49. The maximum Gasteiger partial charge on any atom is 0.346 e. The molecule has 0 aromatic heterocycles. The average Bonchev–Trinajstić information content (AvgIpc) is 3.09. The van der Waals surface area contributed by atoms with Gasteiger partial charge in [-0.1, -0.05) is 6.42 Å². The molecule has 2 N–H and O–H groups in total. The third kappa shape index (κ3) is 1.65. The standard InChI is InChI=1S/C14H23N3O/c1-9(2)17-13(18)16-12(15)14(17)7-3-4-11(8-14)10-5-6-10/h9-11H,3-8H2,1-2H3,(H2,15,16,18). The zero-order chi connectivity index (χ0) is 12.9. The quantitative estimate of drug-likeness (QED) is 0.817. The van der Waals surface area contributed by atoms with Gasteiger partial charge < -0.3 is 10.6 Å². The molecule has 1 spiro atoms. The Morgan fingerprint density at radius 3 is 2.67 bits per heavy atom. The van der Waals surface area contributed by atoms with Crippen LogP contribution in [0, 0.1) is 11.8 Å². The van der Waals surface area contributed by atoms with Gasteiger partial charge in [-0.3, -0.25) is 0 Å². The monoisotopic (exact) mass is 249 g/mol. The van der Waals surface area contributed by atoms with E-state index in [4.69, 9.17) is 5.73 Å². The Balaban J connectivity index is 1.90. The number of nitrogens with zero attached hydrogens (tertiary/aromatic N) is 2. The van der Waals surface area contributed by atoms with Crippen molar-refractivity contribution in [3.05, 3.63) is 0 Å². The van der Waals surface area contributed by atoms with Crippen LogP contribution >= 0.6 is 0 Å². The Labute approximate surface area is 109 Å². The van der Waals surface area contributed by atoms with Crippen molar-refractivity contribution in [2.45, 2.75) is 64.0 Å². The van der Waals surface area contributed by atoms with Crippen molar-refractivity contribution in [1.82, 2.24) is 4.90 Å². The number of hydrogen-bond donors (Lipinski definition) is 1. The molecular weight excluding hydrogens is 226 g/mol. The predicted octanol–water partition coefficient (Wildman–Crippen LogP) is 2.53. The smallest absolute Gasteiger partial charge is 0.346 e. The fraction of sp³-hybridized carbons (Fsp3) is 0.857. The van der Waals surface area contributed by atoms with E-state index in [0.29, 0.717) is 5.84 Å². The molecule has 2 saturated carbocycles. The van der Waals surface area contributed by atoms with Gasteiger partial charge in [0.2, 0.25) is 0 Å². The fourth-order valence-electron chi connectivity index (χ4n) is 4.00. The van der Waals surface area contributed by atoms with Crippen molar-refractivity contribution in [3.63, 3.8) is 0 Å². The lowest BCUT2D eigenvalue weighted by Gasteiger charge is -2.45. The van der Waals surface area contributed by atoms with Gasteiger partial charge in [0.15, 0.2) is 0 Å². The van der Waals surface area contributed by atoms with E-state index in [1.165, 1.54) is 25.7 Å². The van der Waals surface area contributed by atoms with Crippen molar-refractivity contribution >= 4 is 11.9 Å². The Morgan fingerprint density at radius 1 is 1.33 bits per heavy atom. The molecule has 4 heteroatoms. The normalized spacial score (nSPS) is 36.6. The van der Waals surface area contributed by atoms with Gasteiger partial charge in [0, 0.05) is 6.04 Å². The molecule has 0 aromatic carbocycles. The molecule has 2 atom stereocenters. The minimum Gasteiger partial charge on any atom is -0.385 e. The first-order valence-electron chi connectivity index (χ1n) is 7.22. The molecular formula is C14H23N3O. The van der Waals surface area contributed by atoms with E-state index < -0.39 is 0 Å². The number of aliphatic imine (C=N–C) groups is 1. The van der Waals surface area contributed by atoms with Gasteiger partial charge in [0.1, 0.15) is 11.4 Å². The Bertz CT molecular complexity index is 400. The first kappa shape index (κ1) is 12.0. The number of amides is 2. The van der Waals surface area contributed by atoms with Crippen LogP contribution in [0.1, 0.15) is 52.4 Å². The molecule has 3 aliphatic rings. The molecule has 0 aromatic rings. The van der Waals surface area contributed by atoms with Crippen molar-refractivity contribution in [3.8, 4) is 0 Å². The van der Waals surface area contributed by atoms with Crippen molar-refractivity contribution in [1.29, 1.82) is 0 Å². The van der Waals surface area contributed by atoms with Crippen LogP contribution in [0.3, 0.4) is 0 Å². The van der Waals surface area contributed by atoms with Gasteiger partial charge in [-0.2, -0.15) is 4.99 Å². The minimum absolute atomic E-state index is 0.126. The maximum atomic E-state index is 12.1. The minimum atomic E-state index is -0.253. The molecule has 18 heavy (non-hydrogen) atoms. The summed E-state index contributed by atoms with van der Waals surface area (Å²) < 4.78 is 0. The van der Waals surface area contributed by atoms with Crippen molar-refractivity contribution in [2.75, 3.05) is 0 Å². The van der Waals surface area contributed by atoms with Gasteiger partial charge in [0.25, 0.3) is 0 Å². The van der Waals surface area contributed by atoms with Gasteiger partial charge in [-0.15, -0.1) is 0 Å². The maximum absolute atomic E-state index is 12.1. The molecule has 0 radical (unpaired) electrons. The number of urea groups is 1. The molecule has 1 aliphatic heterocycles. The van der Waals surface area contributed by atoms with Gasteiger partial charge >= 0.3 is 6.03 Å². The SMILES string of the molecule is CC(C)N1C(=O)N=C(N)C12CCCC(C1CC1)C2. The Kier molecular flexibility index (Phi) is 2.65. The fourth-order valence-corrected chi connectivity index (χ4v) is 4.00. The van der Waals surface area contributed by atoms with E-state index in [1.54, 1.807) is 0 Å². The Hall–Kier alpha value is -1.06. The molecule has 2 amide bonds. The lowest BCUT2D eigenvalue weighted by Crippen LogP contribution is -2.58. The van der Waals surface area contributed by atoms with Crippen molar-refractivity contribution in [2.24, 2.45) is 22.6 Å². The molecule has 0 bridgehead atoms. The van der Waals surface area contributed by atoms with Gasteiger partial charge in [0.05, 0.1) is 0 Å². The van der Waals surface area contributed by atoms with E-state index in [0.717, 1.165) is 24.7 Å². The lowest BCUT2D eigenvalue weighted by atomic mass is 9.72. The highest BCUT2D eigenvalue weighted by atomic mass is 16.2. The molecule has 2 unspecified atom stereocenters. The largest absolute Gasteiger partial charge is 0.385 e. The summed E-state index contributed by atoms with van der Waals surface area (Å²) in [6, 6.07) is 0.0548. The third-order valence-electron chi connectivity index (χ3n) is 4.93. The lowest BCUT2D eigenvalue weighted by molar-refractivity contribution is 0.0930. The number of nitrogens with two attached hydrogens (primary N) is 1. The summed E-state index contributed by atoms with van der Waals surface area (Å²) in [7, 11) is 0. The van der Waals surface area contributed by atoms with Gasteiger partial charge in [-0.25, -0.2) is 4.79 Å². The number of hydrogen-bond acceptors (Lipinski definition) is 2. The summed E-state index contributed by atoms with van der Waals surface area (Å²) >= 11 is 0. The second kappa shape index (κ2) is 3.97. The highest BCUT2D eigenvalue weighted by Gasteiger charge is 2.53. The van der Waals surface area contributed by atoms with Crippen LogP contribution in [0.15, 0.2) is 4.99 Å². The summed E-state index contributed by atoms with van der Waals surface area (Å²) in [4.78, 5) is 18.1. The predicted molar refractivity (Wildman–Crippen MR) is 71.4 cm³/mol. The van der Waals surface area contributed by atoms with E-state index in [1.807, 2.05) is 4.90 Å². The number of carbonyl (C=O) groups is 1. The van der Waals surface area contributed by atoms with Crippen LogP contribution in [0.2, 0.25) is 0 Å². The van der Waals surface area contributed by atoms with E-state index in [-0.39, 0.29) is 17.6 Å². The second-order valence-electron chi connectivity index (χ2n) is 6.47. The van der Waals surface area contributed by atoms with E-state index in [2.05, 4.69) is 18.8 Å². The zero-order valence-corrected chi connectivity index (χ0v) is 11.4. The molecule has 0 saturated heterocycles. The number of rotatable bonds is 2. The van der Waals surface area contributed by atoms with E-state index in [9.17, 15) is 4.79 Å². The summed E-state index contributed by atoms with van der Waals surface area (Å²) in [6.07, 6.45) is 7.25. The molecule has 100 valence electrons. The van der Waals surface area contributed by atoms with Gasteiger partial charge in [-0.05, 0) is 57.8 Å². The van der Waals surface area contributed by atoms with Crippen LogP contribution in [0.25, 0.3) is 0 Å². The van der Waals surface area contributed by atoms with Crippen LogP contribution in [-0.4, -0.2) is 28.3 Å². The van der Waals surface area contributed by atoms with Crippen molar-refractivity contribution < 1.29 is 4.79 Å². The Morgan fingerprint density at radius 2 is 2.06 bits per heavy atom. The average molecular weight is 249 g/mol. The molecule has 3 rings (SSSR count). The summed E-state index contributed by atoms with van der Waals surface area (Å²) in [5, 5.41) is 0. The molecule has 2 fully saturated rings. The van der Waals surface area contributed by atoms with Crippen LogP contribution < -0.4 is 5.73 Å². The number of amidine groups is 1. The third-order valence-corrected chi connectivity index (χ3v) is 4.93. The number of carbonyl (C=O) groups excluding carboxylic acids is 1. The second-order valence-corrected chi connectivity index (χ2v) is 6.47. The summed E-state index contributed by atoms with van der Waals surface area (Å²) in [5.74, 6) is 2.21. The summed E-state index contributed by atoms with van der Waals surface area (Å²) in [5.41, 5.74) is 5.88. The topological polar surface area (TPSA) is 58.7 Å².